The molecule has 4 heteroatoms. The quantitative estimate of drug-likeness (QED) is 0.354. The fraction of sp³-hybridized carbons (Fsp3) is 0.500. The van der Waals surface area contributed by atoms with Gasteiger partial charge >= 0.3 is 5.97 Å². The van der Waals surface area contributed by atoms with Gasteiger partial charge < -0.3 is 10.6 Å². The molecule has 12 heavy (non-hydrogen) atoms. The first kappa shape index (κ1) is 8.77. The van der Waals surface area contributed by atoms with E-state index in [0.717, 1.165) is 17.7 Å². The summed E-state index contributed by atoms with van der Waals surface area (Å²) in [6, 6.07) is 0. The summed E-state index contributed by atoms with van der Waals surface area (Å²) in [6.07, 6.45) is 1.43. The maximum absolute atomic E-state index is 11.1. The zero-order valence-electron chi connectivity index (χ0n) is 7.26. The zero-order valence-corrected chi connectivity index (χ0v) is 7.26. The summed E-state index contributed by atoms with van der Waals surface area (Å²) >= 11 is 0. The highest BCUT2D eigenvalue weighted by molar-refractivity contribution is 6.09. The predicted molar refractivity (Wildman–Crippen MR) is 45.6 cm³/mol. The molecule has 0 amide bonds. The molecule has 0 aliphatic heterocycles. The molecule has 0 heterocycles. The molecule has 1 rings (SSSR count). The van der Waals surface area contributed by atoms with Gasteiger partial charge in [-0.2, -0.15) is 5.10 Å². The van der Waals surface area contributed by atoms with E-state index < -0.39 is 0 Å². The summed E-state index contributed by atoms with van der Waals surface area (Å²) in [4.78, 5) is 11.1. The lowest BCUT2D eigenvalue weighted by Gasteiger charge is -1.99. The van der Waals surface area contributed by atoms with Crippen molar-refractivity contribution in [1.82, 2.24) is 0 Å². The largest absolute Gasteiger partial charge is 0.466 e. The number of carbonyl (C=O) groups excluding carboxylic acids is 1. The lowest BCUT2D eigenvalue weighted by atomic mass is 10.2. The van der Waals surface area contributed by atoms with Gasteiger partial charge in [-0.15, -0.1) is 0 Å². The molecular weight excluding hydrogens is 156 g/mol. The number of hydrogen-bond acceptors (Lipinski definition) is 4. The predicted octanol–water partition coefficient (Wildman–Crippen LogP) is 0.584. The number of methoxy groups -OCH3 is 1. The Morgan fingerprint density at radius 2 is 2.25 bits per heavy atom. The van der Waals surface area contributed by atoms with Crippen LogP contribution in [-0.2, 0) is 9.53 Å². The Hall–Kier alpha value is -1.32. The Labute approximate surface area is 71.1 Å². The van der Waals surface area contributed by atoms with Crippen molar-refractivity contribution in [2.24, 2.45) is 10.9 Å². The molecule has 0 aromatic rings. The average molecular weight is 168 g/mol. The molecule has 1 aliphatic carbocycles. The molecule has 4 nitrogen and oxygen atoms in total. The number of ether oxygens (including phenoxy) is 1. The van der Waals surface area contributed by atoms with Crippen molar-refractivity contribution in [2.75, 3.05) is 7.11 Å². The maximum Gasteiger partial charge on any atom is 0.334 e. The summed E-state index contributed by atoms with van der Waals surface area (Å²) in [5.41, 5.74) is 2.36. The Kier molecular flexibility index (Phi) is 2.47. The number of hydrazone groups is 1. The molecule has 0 unspecified atom stereocenters. The van der Waals surface area contributed by atoms with Crippen LogP contribution in [0, 0.1) is 0 Å². The molecule has 0 spiro atoms. The minimum atomic E-state index is -0.272. The number of nitrogens with two attached hydrogens (primary N) is 1. The first-order chi connectivity index (χ1) is 5.70. The van der Waals surface area contributed by atoms with E-state index in [9.17, 15) is 4.79 Å². The van der Waals surface area contributed by atoms with Crippen molar-refractivity contribution in [2.45, 2.75) is 19.8 Å². The monoisotopic (exact) mass is 168 g/mol. The van der Waals surface area contributed by atoms with Crippen LogP contribution in [0.25, 0.3) is 0 Å². The molecule has 2 N–H and O–H groups in total. The van der Waals surface area contributed by atoms with Crippen LogP contribution in [0.1, 0.15) is 19.8 Å². The van der Waals surface area contributed by atoms with Gasteiger partial charge in [0.2, 0.25) is 0 Å². The van der Waals surface area contributed by atoms with Crippen molar-refractivity contribution in [1.29, 1.82) is 0 Å². The summed E-state index contributed by atoms with van der Waals surface area (Å²) < 4.78 is 4.60. The zero-order chi connectivity index (χ0) is 9.14. The third kappa shape index (κ3) is 1.32. The van der Waals surface area contributed by atoms with E-state index in [1.54, 1.807) is 0 Å². The van der Waals surface area contributed by atoms with Gasteiger partial charge in [0.25, 0.3) is 0 Å². The molecule has 0 saturated carbocycles. The Bertz CT molecular complexity index is 266. The number of esters is 1. The molecule has 0 atom stereocenters. The van der Waals surface area contributed by atoms with E-state index in [-0.39, 0.29) is 5.97 Å². The maximum atomic E-state index is 11.1. The standard InChI is InChI=1S/C8H12N2O2/c1-5-6(8(11)12-2)3-4-7(5)10-9/h3-4,9H2,1-2H3. The highest BCUT2D eigenvalue weighted by atomic mass is 16.5. The summed E-state index contributed by atoms with van der Waals surface area (Å²) in [5.74, 6) is 4.86. The molecular formula is C8H12N2O2. The number of allylic oxidation sites excluding steroid dienone is 1. The normalized spacial score (nSPS) is 20.3. The van der Waals surface area contributed by atoms with E-state index in [2.05, 4.69) is 9.84 Å². The van der Waals surface area contributed by atoms with E-state index in [1.165, 1.54) is 7.11 Å². The molecule has 0 radical (unpaired) electrons. The van der Waals surface area contributed by atoms with E-state index in [1.807, 2.05) is 6.92 Å². The second-order valence-corrected chi connectivity index (χ2v) is 2.67. The first-order valence-corrected chi connectivity index (χ1v) is 3.76. The van der Waals surface area contributed by atoms with E-state index >= 15 is 0 Å². The lowest BCUT2D eigenvalue weighted by Crippen LogP contribution is -2.04. The topological polar surface area (TPSA) is 64.7 Å². The number of carbonyl (C=O) groups is 1. The van der Waals surface area contributed by atoms with Gasteiger partial charge in [0.1, 0.15) is 0 Å². The van der Waals surface area contributed by atoms with Crippen molar-refractivity contribution < 1.29 is 9.53 Å². The summed E-state index contributed by atoms with van der Waals surface area (Å²) in [5, 5.41) is 3.59. The second-order valence-electron chi connectivity index (χ2n) is 2.67. The van der Waals surface area contributed by atoms with Crippen LogP contribution < -0.4 is 5.84 Å². The van der Waals surface area contributed by atoms with Crippen molar-refractivity contribution in [3.05, 3.63) is 11.1 Å². The first-order valence-electron chi connectivity index (χ1n) is 3.76. The van der Waals surface area contributed by atoms with Crippen LogP contribution in [0.5, 0.6) is 0 Å². The minimum Gasteiger partial charge on any atom is -0.466 e. The van der Waals surface area contributed by atoms with Crippen LogP contribution >= 0.6 is 0 Å². The molecule has 0 bridgehead atoms. The van der Waals surface area contributed by atoms with Gasteiger partial charge in [0, 0.05) is 5.57 Å². The van der Waals surface area contributed by atoms with Crippen molar-refractivity contribution in [3.63, 3.8) is 0 Å². The minimum absolute atomic E-state index is 0.272. The second kappa shape index (κ2) is 3.38. The van der Waals surface area contributed by atoms with Gasteiger partial charge in [-0.25, -0.2) is 4.79 Å². The Morgan fingerprint density at radius 3 is 2.67 bits per heavy atom. The van der Waals surface area contributed by atoms with Gasteiger partial charge in [-0.3, -0.25) is 0 Å². The molecule has 0 aromatic heterocycles. The third-order valence-electron chi connectivity index (χ3n) is 2.08. The van der Waals surface area contributed by atoms with Crippen molar-refractivity contribution in [3.8, 4) is 0 Å². The van der Waals surface area contributed by atoms with Gasteiger partial charge in [-0.05, 0) is 25.3 Å². The number of nitrogens with zero attached hydrogens (tertiary/aromatic N) is 1. The molecule has 0 saturated heterocycles. The van der Waals surface area contributed by atoms with Crippen LogP contribution in [0.4, 0.5) is 0 Å². The number of hydrogen-bond donors (Lipinski definition) is 1. The molecule has 0 aromatic carbocycles. The van der Waals surface area contributed by atoms with Crippen LogP contribution in [0.15, 0.2) is 16.2 Å². The third-order valence-corrected chi connectivity index (χ3v) is 2.08. The molecule has 66 valence electrons. The fourth-order valence-electron chi connectivity index (χ4n) is 1.33. The fourth-order valence-corrected chi connectivity index (χ4v) is 1.33. The average Bonchev–Trinajstić information content (AvgIpc) is 2.45. The molecule has 1 aliphatic rings. The van der Waals surface area contributed by atoms with Gasteiger partial charge in [-0.1, -0.05) is 0 Å². The SMILES string of the molecule is COC(=O)C1=C(C)C(=NN)CC1. The van der Waals surface area contributed by atoms with Gasteiger partial charge in [0.05, 0.1) is 12.8 Å². The summed E-state index contributed by atoms with van der Waals surface area (Å²) in [7, 11) is 1.38. The van der Waals surface area contributed by atoms with Gasteiger partial charge in [0.15, 0.2) is 0 Å². The van der Waals surface area contributed by atoms with Crippen molar-refractivity contribution >= 4 is 11.7 Å². The number of rotatable bonds is 1. The Morgan fingerprint density at radius 1 is 1.58 bits per heavy atom. The van der Waals surface area contributed by atoms with Crippen LogP contribution in [-0.4, -0.2) is 18.8 Å². The highest BCUT2D eigenvalue weighted by Crippen LogP contribution is 2.23. The van der Waals surface area contributed by atoms with E-state index in [0.29, 0.717) is 12.0 Å². The summed E-state index contributed by atoms with van der Waals surface area (Å²) in [6.45, 7) is 1.84. The van der Waals surface area contributed by atoms with E-state index in [4.69, 9.17) is 5.84 Å². The highest BCUT2D eigenvalue weighted by Gasteiger charge is 2.23. The molecule has 0 fully saturated rings. The lowest BCUT2D eigenvalue weighted by molar-refractivity contribution is -0.136. The van der Waals surface area contributed by atoms with Crippen LogP contribution in [0.3, 0.4) is 0 Å². The Balaban J connectivity index is 2.92. The smallest absolute Gasteiger partial charge is 0.334 e. The van der Waals surface area contributed by atoms with Crippen LogP contribution in [0.2, 0.25) is 0 Å².